The Hall–Kier alpha value is -2.91. The standard InChI is InChI=1S/C25H31N3O5S/c1-16-12-21-22(33-18(3)24(29)27-21)13-23(16)34(31,32)28-11-7-10-20(15-28)25(30)26-14-17(2)19-8-5-4-6-9-19/h4-6,8-9,12-13,17-18,20H,7,10-11,14-15H2,1-3H3,(H,26,30)(H,27,29)/t17-,18+,20+/m1/s1. The topological polar surface area (TPSA) is 105 Å². The van der Waals surface area contributed by atoms with Gasteiger partial charge >= 0.3 is 0 Å². The van der Waals surface area contributed by atoms with Crippen LogP contribution in [0.25, 0.3) is 0 Å². The molecule has 2 aromatic carbocycles. The van der Waals surface area contributed by atoms with Gasteiger partial charge in [-0.3, -0.25) is 9.59 Å². The zero-order chi connectivity index (χ0) is 24.5. The Balaban J connectivity index is 1.45. The highest BCUT2D eigenvalue weighted by atomic mass is 32.2. The molecule has 2 amide bonds. The van der Waals surface area contributed by atoms with Crippen molar-refractivity contribution in [2.45, 2.75) is 50.5 Å². The molecule has 0 aliphatic carbocycles. The Morgan fingerprint density at radius 3 is 2.74 bits per heavy atom. The van der Waals surface area contributed by atoms with E-state index >= 15 is 0 Å². The lowest BCUT2D eigenvalue weighted by atomic mass is 9.97. The van der Waals surface area contributed by atoms with E-state index in [0.29, 0.717) is 42.9 Å². The molecule has 2 aromatic rings. The van der Waals surface area contributed by atoms with Crippen LogP contribution in [0.4, 0.5) is 5.69 Å². The van der Waals surface area contributed by atoms with Crippen molar-refractivity contribution in [1.82, 2.24) is 9.62 Å². The molecule has 3 atom stereocenters. The second-order valence-corrected chi connectivity index (χ2v) is 11.0. The van der Waals surface area contributed by atoms with Gasteiger partial charge in [0.05, 0.1) is 16.5 Å². The Labute approximate surface area is 200 Å². The lowest BCUT2D eigenvalue weighted by Gasteiger charge is -2.32. The lowest BCUT2D eigenvalue weighted by molar-refractivity contribution is -0.126. The van der Waals surface area contributed by atoms with Crippen LogP contribution >= 0.6 is 0 Å². The highest BCUT2D eigenvalue weighted by molar-refractivity contribution is 7.89. The van der Waals surface area contributed by atoms with E-state index < -0.39 is 22.0 Å². The normalized spacial score (nSPS) is 21.7. The number of rotatable bonds is 6. The number of nitrogens with zero attached hydrogens (tertiary/aromatic N) is 1. The fourth-order valence-corrected chi connectivity index (χ4v) is 6.18. The summed E-state index contributed by atoms with van der Waals surface area (Å²) in [6.45, 7) is 6.35. The zero-order valence-electron chi connectivity index (χ0n) is 19.7. The van der Waals surface area contributed by atoms with Crippen molar-refractivity contribution in [1.29, 1.82) is 0 Å². The molecular weight excluding hydrogens is 454 g/mol. The number of fused-ring (bicyclic) bond motifs is 1. The van der Waals surface area contributed by atoms with Gasteiger partial charge in [-0.2, -0.15) is 4.31 Å². The van der Waals surface area contributed by atoms with Gasteiger partial charge in [0.15, 0.2) is 6.10 Å². The molecule has 2 aliphatic heterocycles. The number of aryl methyl sites for hydroxylation is 1. The second kappa shape index (κ2) is 9.76. The molecule has 1 saturated heterocycles. The van der Waals surface area contributed by atoms with E-state index in [9.17, 15) is 18.0 Å². The largest absolute Gasteiger partial charge is 0.479 e. The first kappa shape index (κ1) is 24.2. The number of amides is 2. The van der Waals surface area contributed by atoms with Crippen molar-refractivity contribution in [2.24, 2.45) is 5.92 Å². The molecule has 0 aromatic heterocycles. The van der Waals surface area contributed by atoms with Crippen molar-refractivity contribution in [3.05, 3.63) is 53.6 Å². The average Bonchev–Trinajstić information content (AvgIpc) is 2.83. The lowest BCUT2D eigenvalue weighted by Crippen LogP contribution is -2.46. The van der Waals surface area contributed by atoms with Crippen LogP contribution in [0.1, 0.15) is 43.7 Å². The van der Waals surface area contributed by atoms with Gasteiger partial charge < -0.3 is 15.4 Å². The van der Waals surface area contributed by atoms with E-state index in [2.05, 4.69) is 17.6 Å². The SMILES string of the molecule is Cc1cc2c(cc1S(=O)(=O)N1CCC[C@H](C(=O)NC[C@@H](C)c3ccccc3)C1)O[C@@H](C)C(=O)N2. The van der Waals surface area contributed by atoms with Crippen LogP contribution in [0.3, 0.4) is 0 Å². The van der Waals surface area contributed by atoms with E-state index in [4.69, 9.17) is 4.74 Å². The molecule has 1 fully saturated rings. The second-order valence-electron chi connectivity index (χ2n) is 9.12. The van der Waals surface area contributed by atoms with Gasteiger partial charge in [-0.05, 0) is 49.8 Å². The van der Waals surface area contributed by atoms with Crippen LogP contribution in [0.5, 0.6) is 5.75 Å². The van der Waals surface area contributed by atoms with Gasteiger partial charge in [0.1, 0.15) is 5.75 Å². The molecule has 9 heteroatoms. The maximum atomic E-state index is 13.5. The van der Waals surface area contributed by atoms with E-state index in [0.717, 1.165) is 5.56 Å². The Bertz CT molecular complexity index is 1180. The van der Waals surface area contributed by atoms with E-state index in [1.807, 2.05) is 30.3 Å². The molecule has 0 bridgehead atoms. The van der Waals surface area contributed by atoms with Crippen LogP contribution in [0.15, 0.2) is 47.4 Å². The van der Waals surface area contributed by atoms with Crippen molar-refractivity contribution in [2.75, 3.05) is 25.0 Å². The first-order valence-corrected chi connectivity index (χ1v) is 13.1. The number of benzene rings is 2. The molecule has 2 heterocycles. The van der Waals surface area contributed by atoms with Gasteiger partial charge in [-0.25, -0.2) is 8.42 Å². The van der Waals surface area contributed by atoms with Crippen molar-refractivity contribution < 1.29 is 22.7 Å². The van der Waals surface area contributed by atoms with Gasteiger partial charge in [0.2, 0.25) is 15.9 Å². The predicted octanol–water partition coefficient (Wildman–Crippen LogP) is 3.04. The number of carbonyl (C=O) groups is 2. The summed E-state index contributed by atoms with van der Waals surface area (Å²) in [6, 6.07) is 13.1. The van der Waals surface area contributed by atoms with E-state index in [1.165, 1.54) is 10.4 Å². The van der Waals surface area contributed by atoms with Crippen LogP contribution in [-0.4, -0.2) is 50.3 Å². The average molecular weight is 486 g/mol. The number of hydrogen-bond donors (Lipinski definition) is 2. The van der Waals surface area contributed by atoms with Gasteiger partial charge in [-0.1, -0.05) is 37.3 Å². The Morgan fingerprint density at radius 1 is 1.26 bits per heavy atom. The minimum Gasteiger partial charge on any atom is -0.479 e. The molecule has 0 radical (unpaired) electrons. The fourth-order valence-electron chi connectivity index (χ4n) is 4.43. The number of sulfonamides is 1. The molecule has 0 saturated carbocycles. The molecule has 8 nitrogen and oxygen atoms in total. The quantitative estimate of drug-likeness (QED) is 0.654. The monoisotopic (exact) mass is 485 g/mol. The number of nitrogens with one attached hydrogen (secondary N) is 2. The van der Waals surface area contributed by atoms with E-state index in [-0.39, 0.29) is 29.2 Å². The number of anilines is 1. The van der Waals surface area contributed by atoms with Crippen LogP contribution in [0, 0.1) is 12.8 Å². The van der Waals surface area contributed by atoms with Crippen LogP contribution < -0.4 is 15.4 Å². The molecule has 2 N–H and O–H groups in total. The zero-order valence-corrected chi connectivity index (χ0v) is 20.5. The summed E-state index contributed by atoms with van der Waals surface area (Å²) in [5.41, 5.74) is 2.12. The van der Waals surface area contributed by atoms with Crippen LogP contribution in [-0.2, 0) is 19.6 Å². The highest BCUT2D eigenvalue weighted by Crippen LogP contribution is 2.36. The minimum atomic E-state index is -3.84. The molecule has 34 heavy (non-hydrogen) atoms. The van der Waals surface area contributed by atoms with Crippen molar-refractivity contribution in [3.8, 4) is 5.75 Å². The van der Waals surface area contributed by atoms with Gasteiger partial charge in [-0.15, -0.1) is 0 Å². The van der Waals surface area contributed by atoms with Crippen molar-refractivity contribution in [3.63, 3.8) is 0 Å². The summed E-state index contributed by atoms with van der Waals surface area (Å²) in [7, 11) is -3.84. The maximum absolute atomic E-state index is 13.5. The van der Waals surface area contributed by atoms with Crippen molar-refractivity contribution >= 4 is 27.5 Å². The van der Waals surface area contributed by atoms with E-state index in [1.54, 1.807) is 19.9 Å². The summed E-state index contributed by atoms with van der Waals surface area (Å²) in [6.07, 6.45) is 0.555. The molecule has 4 rings (SSSR count). The smallest absolute Gasteiger partial charge is 0.265 e. The summed E-state index contributed by atoms with van der Waals surface area (Å²) in [5.74, 6) is -0.300. The molecular formula is C25H31N3O5S. The molecule has 182 valence electrons. The summed E-state index contributed by atoms with van der Waals surface area (Å²) < 4.78 is 34.0. The number of hydrogen-bond acceptors (Lipinski definition) is 5. The third kappa shape index (κ3) is 4.95. The molecule has 0 unspecified atom stereocenters. The first-order chi connectivity index (χ1) is 16.2. The fraction of sp³-hybridized carbons (Fsp3) is 0.440. The minimum absolute atomic E-state index is 0.121. The number of carbonyl (C=O) groups excluding carboxylic acids is 2. The summed E-state index contributed by atoms with van der Waals surface area (Å²) >= 11 is 0. The molecule has 2 aliphatic rings. The Kier molecular flexibility index (Phi) is 6.95. The summed E-state index contributed by atoms with van der Waals surface area (Å²) in [4.78, 5) is 24.9. The first-order valence-electron chi connectivity index (χ1n) is 11.6. The van der Waals surface area contributed by atoms with Gasteiger partial charge in [0.25, 0.3) is 5.91 Å². The predicted molar refractivity (Wildman–Crippen MR) is 129 cm³/mol. The van der Waals surface area contributed by atoms with Gasteiger partial charge in [0, 0.05) is 25.7 Å². The Morgan fingerprint density at radius 2 is 2.00 bits per heavy atom. The maximum Gasteiger partial charge on any atom is 0.265 e. The highest BCUT2D eigenvalue weighted by Gasteiger charge is 2.35. The number of ether oxygens (including phenoxy) is 1. The third-order valence-electron chi connectivity index (χ3n) is 6.53. The van der Waals surface area contributed by atoms with Crippen LogP contribution in [0.2, 0.25) is 0 Å². The third-order valence-corrected chi connectivity index (χ3v) is 8.54. The summed E-state index contributed by atoms with van der Waals surface area (Å²) in [5, 5.41) is 5.74. The molecule has 0 spiro atoms. The number of piperidine rings is 1.